The van der Waals surface area contributed by atoms with Crippen molar-refractivity contribution in [2.24, 2.45) is 5.92 Å². The number of benzene rings is 1. The fourth-order valence-corrected chi connectivity index (χ4v) is 4.40. The molecule has 1 heterocycles. The summed E-state index contributed by atoms with van der Waals surface area (Å²) in [5.41, 5.74) is 0.913. The lowest BCUT2D eigenvalue weighted by atomic mass is 9.88. The number of carbonyl (C=O) groups is 2. The molecule has 0 spiro atoms. The van der Waals surface area contributed by atoms with Crippen LogP contribution in [0.25, 0.3) is 0 Å². The fraction of sp³-hybridized carbons (Fsp3) is 0.636. The summed E-state index contributed by atoms with van der Waals surface area (Å²) in [5.74, 6) is 1.06. The topological polar surface area (TPSA) is 58.6 Å². The molecule has 154 valence electrons. The summed E-state index contributed by atoms with van der Waals surface area (Å²) in [6, 6.07) is 5.57. The lowest BCUT2D eigenvalue weighted by Gasteiger charge is -2.34. The van der Waals surface area contributed by atoms with E-state index < -0.39 is 6.10 Å². The number of nitrogens with zero attached hydrogens (tertiary/aromatic N) is 1. The zero-order valence-corrected chi connectivity index (χ0v) is 17.6. The summed E-state index contributed by atoms with van der Waals surface area (Å²) in [5, 5.41) is 3.86. The van der Waals surface area contributed by atoms with E-state index in [2.05, 4.69) is 5.32 Å². The minimum Gasteiger partial charge on any atom is -0.481 e. The van der Waals surface area contributed by atoms with Crippen molar-refractivity contribution in [3.63, 3.8) is 0 Å². The van der Waals surface area contributed by atoms with Crippen molar-refractivity contribution in [3.8, 4) is 5.75 Å². The van der Waals surface area contributed by atoms with E-state index in [1.807, 2.05) is 17.9 Å². The minimum absolute atomic E-state index is 0.00796. The highest BCUT2D eigenvalue weighted by molar-refractivity contribution is 6.30. The van der Waals surface area contributed by atoms with Crippen molar-refractivity contribution >= 4 is 23.4 Å². The van der Waals surface area contributed by atoms with Gasteiger partial charge in [-0.25, -0.2) is 0 Å². The molecule has 2 fully saturated rings. The van der Waals surface area contributed by atoms with Gasteiger partial charge >= 0.3 is 0 Å². The molecule has 1 aromatic carbocycles. The van der Waals surface area contributed by atoms with Gasteiger partial charge in [-0.1, -0.05) is 30.9 Å². The molecule has 0 radical (unpaired) electrons. The summed E-state index contributed by atoms with van der Waals surface area (Å²) in [6.07, 6.45) is 6.66. The number of hydrogen-bond acceptors (Lipinski definition) is 3. The van der Waals surface area contributed by atoms with Crippen molar-refractivity contribution in [2.75, 3.05) is 13.1 Å². The zero-order valence-electron chi connectivity index (χ0n) is 16.9. The first-order chi connectivity index (χ1) is 13.4. The first kappa shape index (κ1) is 21.0. The second-order valence-corrected chi connectivity index (χ2v) is 8.55. The molecule has 28 heavy (non-hydrogen) atoms. The third kappa shape index (κ3) is 5.40. The smallest absolute Gasteiger partial charge is 0.263 e. The van der Waals surface area contributed by atoms with Gasteiger partial charge in [-0.3, -0.25) is 9.59 Å². The number of hydrogen-bond donors (Lipinski definition) is 1. The molecule has 0 bridgehead atoms. The Morgan fingerprint density at radius 1 is 1.14 bits per heavy atom. The van der Waals surface area contributed by atoms with Crippen LogP contribution in [0.5, 0.6) is 5.75 Å². The number of piperidine rings is 1. The van der Waals surface area contributed by atoms with Crippen LogP contribution < -0.4 is 10.1 Å². The zero-order chi connectivity index (χ0) is 20.1. The van der Waals surface area contributed by atoms with E-state index in [1.54, 1.807) is 19.1 Å². The summed E-state index contributed by atoms with van der Waals surface area (Å²) >= 11 is 5.98. The van der Waals surface area contributed by atoms with E-state index in [1.165, 1.54) is 6.42 Å². The van der Waals surface area contributed by atoms with Crippen molar-refractivity contribution in [1.82, 2.24) is 10.2 Å². The molecule has 1 aromatic rings. The van der Waals surface area contributed by atoms with Crippen LogP contribution in [0.1, 0.15) is 57.4 Å². The summed E-state index contributed by atoms with van der Waals surface area (Å²) in [7, 11) is 0. The third-order valence-electron chi connectivity index (χ3n) is 5.92. The van der Waals surface area contributed by atoms with Gasteiger partial charge in [0.2, 0.25) is 5.91 Å². The minimum atomic E-state index is -0.548. The Hall–Kier alpha value is -1.75. The molecule has 2 aliphatic rings. The van der Waals surface area contributed by atoms with E-state index in [-0.39, 0.29) is 23.8 Å². The Kier molecular flexibility index (Phi) is 7.22. The molecule has 6 heteroatoms. The summed E-state index contributed by atoms with van der Waals surface area (Å²) in [6.45, 7) is 5.01. The number of nitrogens with one attached hydrogen (secondary N) is 1. The second-order valence-electron chi connectivity index (χ2n) is 8.11. The molecular weight excluding hydrogens is 376 g/mol. The summed E-state index contributed by atoms with van der Waals surface area (Å²) < 4.78 is 5.87. The quantitative estimate of drug-likeness (QED) is 0.800. The van der Waals surface area contributed by atoms with Gasteiger partial charge in [-0.15, -0.1) is 0 Å². The van der Waals surface area contributed by atoms with E-state index in [0.29, 0.717) is 23.9 Å². The normalized spacial score (nSPS) is 19.9. The van der Waals surface area contributed by atoms with Gasteiger partial charge in [0, 0.05) is 30.1 Å². The van der Waals surface area contributed by atoms with Gasteiger partial charge in [0.05, 0.1) is 0 Å². The van der Waals surface area contributed by atoms with Crippen molar-refractivity contribution < 1.29 is 14.3 Å². The molecule has 0 unspecified atom stereocenters. The van der Waals surface area contributed by atoms with Crippen LogP contribution in [0.4, 0.5) is 0 Å². The van der Waals surface area contributed by atoms with Gasteiger partial charge in [0.25, 0.3) is 5.91 Å². The van der Waals surface area contributed by atoms with E-state index in [0.717, 1.165) is 44.1 Å². The highest BCUT2D eigenvalue weighted by Crippen LogP contribution is 2.25. The molecule has 1 saturated carbocycles. The SMILES string of the molecule is Cc1cc(Cl)ccc1O[C@@H](C)C(=O)N1CCC(NC(=O)C2CCCCC2)CC1. The predicted octanol–water partition coefficient (Wildman–Crippen LogP) is 4.10. The Morgan fingerprint density at radius 2 is 1.82 bits per heavy atom. The fourth-order valence-electron chi connectivity index (χ4n) is 4.17. The monoisotopic (exact) mass is 406 g/mol. The highest BCUT2D eigenvalue weighted by Gasteiger charge is 2.29. The maximum atomic E-state index is 12.7. The lowest BCUT2D eigenvalue weighted by molar-refractivity contribution is -0.139. The second kappa shape index (κ2) is 9.64. The van der Waals surface area contributed by atoms with Gasteiger partial charge in [-0.05, 0) is 63.3 Å². The maximum Gasteiger partial charge on any atom is 0.263 e. The molecule has 3 rings (SSSR count). The summed E-state index contributed by atoms with van der Waals surface area (Å²) in [4.78, 5) is 27.0. The molecule has 1 saturated heterocycles. The van der Waals surface area contributed by atoms with E-state index in [9.17, 15) is 9.59 Å². The number of aryl methyl sites for hydroxylation is 1. The van der Waals surface area contributed by atoms with Crippen LogP contribution in [0.15, 0.2) is 18.2 Å². The van der Waals surface area contributed by atoms with E-state index >= 15 is 0 Å². The average Bonchev–Trinajstić information content (AvgIpc) is 2.70. The molecule has 1 N–H and O–H groups in total. The number of amides is 2. The lowest BCUT2D eigenvalue weighted by Crippen LogP contribution is -2.50. The van der Waals surface area contributed by atoms with Gasteiger partial charge < -0.3 is 15.0 Å². The van der Waals surface area contributed by atoms with Crippen molar-refractivity contribution in [2.45, 2.75) is 70.9 Å². The van der Waals surface area contributed by atoms with Crippen LogP contribution in [0.2, 0.25) is 5.02 Å². The number of carbonyl (C=O) groups excluding carboxylic acids is 2. The third-order valence-corrected chi connectivity index (χ3v) is 6.15. The van der Waals surface area contributed by atoms with Gasteiger partial charge in [-0.2, -0.15) is 0 Å². The highest BCUT2D eigenvalue weighted by atomic mass is 35.5. The van der Waals surface area contributed by atoms with Crippen molar-refractivity contribution in [3.05, 3.63) is 28.8 Å². The first-order valence-electron chi connectivity index (χ1n) is 10.5. The number of likely N-dealkylation sites (tertiary alicyclic amines) is 1. The molecule has 2 amide bonds. The predicted molar refractivity (Wildman–Crippen MR) is 111 cm³/mol. The molecular formula is C22H31ClN2O3. The number of halogens is 1. The molecule has 0 aromatic heterocycles. The Bertz CT molecular complexity index is 695. The largest absolute Gasteiger partial charge is 0.481 e. The Balaban J connectivity index is 1.45. The molecule has 1 atom stereocenters. The van der Waals surface area contributed by atoms with Crippen LogP contribution in [-0.2, 0) is 9.59 Å². The first-order valence-corrected chi connectivity index (χ1v) is 10.8. The molecule has 1 aliphatic heterocycles. The average molecular weight is 407 g/mol. The number of ether oxygens (including phenoxy) is 1. The van der Waals surface area contributed by atoms with Crippen LogP contribution in [-0.4, -0.2) is 41.9 Å². The van der Waals surface area contributed by atoms with Crippen molar-refractivity contribution in [1.29, 1.82) is 0 Å². The van der Waals surface area contributed by atoms with Gasteiger partial charge in [0.15, 0.2) is 6.10 Å². The molecule has 1 aliphatic carbocycles. The Morgan fingerprint density at radius 3 is 2.46 bits per heavy atom. The van der Waals surface area contributed by atoms with Crippen LogP contribution in [0, 0.1) is 12.8 Å². The van der Waals surface area contributed by atoms with E-state index in [4.69, 9.17) is 16.3 Å². The van der Waals surface area contributed by atoms with Crippen LogP contribution in [0.3, 0.4) is 0 Å². The maximum absolute atomic E-state index is 12.7. The Labute approximate surface area is 172 Å². The van der Waals surface area contributed by atoms with Gasteiger partial charge in [0.1, 0.15) is 5.75 Å². The number of rotatable bonds is 5. The molecule has 5 nitrogen and oxygen atoms in total. The standard InChI is InChI=1S/C22H31ClN2O3/c1-15-14-18(23)8-9-20(15)28-16(2)22(27)25-12-10-19(11-13-25)24-21(26)17-6-4-3-5-7-17/h8-9,14,16-17,19H,3-7,10-13H2,1-2H3,(H,24,26)/t16-/m0/s1. The van der Waals surface area contributed by atoms with Crippen LogP contribution >= 0.6 is 11.6 Å².